The van der Waals surface area contributed by atoms with Crippen LogP contribution in [0.2, 0.25) is 0 Å². The van der Waals surface area contributed by atoms with Gasteiger partial charge in [-0.15, -0.1) is 11.3 Å². The van der Waals surface area contributed by atoms with E-state index in [4.69, 9.17) is 0 Å². The Bertz CT molecular complexity index is 852. The molecule has 4 rings (SSSR count). The summed E-state index contributed by atoms with van der Waals surface area (Å²) in [6.45, 7) is 2.86. The van der Waals surface area contributed by atoms with Crippen molar-refractivity contribution in [2.45, 2.75) is 19.3 Å². The molecule has 1 amide bonds. The number of carbonyl (C=O) groups excluding carboxylic acids is 1. The number of piperidine rings is 1. The number of nitrogens with zero attached hydrogens (tertiary/aromatic N) is 2. The predicted octanol–water partition coefficient (Wildman–Crippen LogP) is 2.81. The minimum absolute atomic E-state index is 0.0830. The highest BCUT2D eigenvalue weighted by molar-refractivity contribution is 7.13. The molecule has 0 unspecified atom stereocenters. The monoisotopic (exact) mass is 355 g/mol. The number of imidazole rings is 1. The largest absolute Gasteiger partial charge is 0.352 e. The summed E-state index contributed by atoms with van der Waals surface area (Å²) < 4.78 is 0. The zero-order valence-electron chi connectivity index (χ0n) is 13.9. The van der Waals surface area contributed by atoms with Gasteiger partial charge in [0.15, 0.2) is 5.65 Å². The molecule has 0 aromatic carbocycles. The minimum Gasteiger partial charge on any atom is -0.352 e. The number of amides is 1. The van der Waals surface area contributed by atoms with Gasteiger partial charge in [0.1, 0.15) is 11.3 Å². The fraction of sp³-hybridized carbons (Fsp3) is 0.389. The second-order valence-corrected chi connectivity index (χ2v) is 7.32. The number of fused-ring (bicyclic) bond motifs is 1. The lowest BCUT2D eigenvalue weighted by Gasteiger charge is -2.22. The molecule has 1 fully saturated rings. The average Bonchev–Trinajstić information content (AvgIpc) is 3.31. The lowest BCUT2D eigenvalue weighted by atomic mass is 9.96. The van der Waals surface area contributed by atoms with E-state index in [1.165, 1.54) is 12.8 Å². The molecule has 130 valence electrons. The lowest BCUT2D eigenvalue weighted by molar-refractivity contribution is 0.0952. The maximum Gasteiger partial charge on any atom is 0.253 e. The molecule has 1 aliphatic rings. The highest BCUT2D eigenvalue weighted by atomic mass is 32.1. The second kappa shape index (κ2) is 7.33. The van der Waals surface area contributed by atoms with E-state index < -0.39 is 0 Å². The summed E-state index contributed by atoms with van der Waals surface area (Å²) in [7, 11) is 0. The summed E-state index contributed by atoms with van der Waals surface area (Å²) in [5, 5.41) is 8.45. The maximum atomic E-state index is 12.6. The Morgan fingerprint density at radius 3 is 3.16 bits per heavy atom. The Balaban J connectivity index is 1.47. The predicted molar refractivity (Wildman–Crippen MR) is 99.7 cm³/mol. The smallest absolute Gasteiger partial charge is 0.253 e. The topological polar surface area (TPSA) is 82.7 Å². The van der Waals surface area contributed by atoms with Crippen molar-refractivity contribution in [1.82, 2.24) is 25.6 Å². The molecule has 0 spiro atoms. The van der Waals surface area contributed by atoms with Crippen molar-refractivity contribution in [2.24, 2.45) is 5.92 Å². The van der Waals surface area contributed by atoms with Crippen molar-refractivity contribution in [3.05, 3.63) is 35.3 Å². The van der Waals surface area contributed by atoms with Crippen LogP contribution in [0.25, 0.3) is 21.9 Å². The van der Waals surface area contributed by atoms with Gasteiger partial charge < -0.3 is 15.6 Å². The Morgan fingerprint density at radius 2 is 2.36 bits per heavy atom. The van der Waals surface area contributed by atoms with Gasteiger partial charge in [0.05, 0.1) is 10.4 Å². The van der Waals surface area contributed by atoms with E-state index in [1.54, 1.807) is 23.6 Å². The Labute approximate surface area is 150 Å². The maximum absolute atomic E-state index is 12.6. The number of carbonyl (C=O) groups is 1. The average molecular weight is 355 g/mol. The van der Waals surface area contributed by atoms with Gasteiger partial charge in [0.25, 0.3) is 5.91 Å². The first kappa shape index (κ1) is 16.2. The van der Waals surface area contributed by atoms with Crippen molar-refractivity contribution in [2.75, 3.05) is 19.6 Å². The normalized spacial score (nSPS) is 17.7. The number of hydrogen-bond acceptors (Lipinski definition) is 5. The highest BCUT2D eigenvalue weighted by Crippen LogP contribution is 2.25. The van der Waals surface area contributed by atoms with Crippen LogP contribution in [0, 0.1) is 5.92 Å². The fourth-order valence-corrected chi connectivity index (χ4v) is 3.95. The number of pyridine rings is 1. The molecule has 0 bridgehead atoms. The van der Waals surface area contributed by atoms with Crippen molar-refractivity contribution >= 4 is 28.4 Å². The van der Waals surface area contributed by atoms with Crippen molar-refractivity contribution < 1.29 is 4.79 Å². The van der Waals surface area contributed by atoms with Gasteiger partial charge in [0, 0.05) is 12.7 Å². The van der Waals surface area contributed by atoms with Gasteiger partial charge in [-0.1, -0.05) is 6.07 Å². The first-order valence-corrected chi connectivity index (χ1v) is 9.57. The number of aromatic nitrogens is 3. The Hall–Kier alpha value is -2.25. The van der Waals surface area contributed by atoms with E-state index in [2.05, 4.69) is 25.6 Å². The molecule has 0 saturated carbocycles. The van der Waals surface area contributed by atoms with E-state index >= 15 is 0 Å². The summed E-state index contributed by atoms with van der Waals surface area (Å²) in [5.41, 5.74) is 1.85. The van der Waals surface area contributed by atoms with Crippen LogP contribution in [0.3, 0.4) is 0 Å². The summed E-state index contributed by atoms with van der Waals surface area (Å²) in [6, 6.07) is 5.72. The third-order valence-electron chi connectivity index (χ3n) is 4.62. The van der Waals surface area contributed by atoms with Gasteiger partial charge >= 0.3 is 0 Å². The first-order valence-electron chi connectivity index (χ1n) is 8.69. The van der Waals surface area contributed by atoms with Crippen LogP contribution in [0.4, 0.5) is 0 Å². The summed E-state index contributed by atoms with van der Waals surface area (Å²) in [6.07, 6.45) is 5.13. The molecule has 3 aromatic heterocycles. The molecular formula is C18H21N5OS. The fourth-order valence-electron chi connectivity index (χ4n) is 3.28. The minimum atomic E-state index is -0.0830. The van der Waals surface area contributed by atoms with Gasteiger partial charge in [-0.3, -0.25) is 4.79 Å². The molecule has 0 aliphatic carbocycles. The van der Waals surface area contributed by atoms with Crippen LogP contribution < -0.4 is 10.6 Å². The molecule has 25 heavy (non-hydrogen) atoms. The van der Waals surface area contributed by atoms with Crippen LogP contribution in [-0.4, -0.2) is 40.5 Å². The molecule has 4 heterocycles. The third kappa shape index (κ3) is 3.57. The van der Waals surface area contributed by atoms with Crippen molar-refractivity contribution in [3.63, 3.8) is 0 Å². The quantitative estimate of drug-likeness (QED) is 0.657. The van der Waals surface area contributed by atoms with Gasteiger partial charge in [-0.25, -0.2) is 9.97 Å². The van der Waals surface area contributed by atoms with Crippen LogP contribution in [-0.2, 0) is 0 Å². The standard InChI is InChI=1S/C18H21N5OS/c24-18(21-8-5-12-3-1-7-19-11-12)13-6-9-20-17-15(13)22-16(23-17)14-4-2-10-25-14/h2,4,6,9-10,12,19H,1,3,5,7-8,11H2,(H,21,24)(H,20,22,23)/t12-/m1/s1. The Morgan fingerprint density at radius 1 is 1.40 bits per heavy atom. The molecule has 1 atom stereocenters. The van der Waals surface area contributed by atoms with Crippen molar-refractivity contribution in [3.8, 4) is 10.7 Å². The van der Waals surface area contributed by atoms with Crippen LogP contribution in [0.1, 0.15) is 29.6 Å². The van der Waals surface area contributed by atoms with E-state index in [-0.39, 0.29) is 5.91 Å². The van der Waals surface area contributed by atoms with Gasteiger partial charge in [-0.2, -0.15) is 0 Å². The SMILES string of the molecule is O=C(NCC[C@H]1CCCNC1)c1ccnc2[nH]c(-c3cccs3)nc12. The van der Waals surface area contributed by atoms with Crippen LogP contribution in [0.5, 0.6) is 0 Å². The molecule has 3 aromatic rings. The van der Waals surface area contributed by atoms with E-state index in [0.717, 1.165) is 30.2 Å². The number of rotatable bonds is 5. The van der Waals surface area contributed by atoms with Crippen LogP contribution >= 0.6 is 11.3 Å². The summed E-state index contributed by atoms with van der Waals surface area (Å²) >= 11 is 1.61. The molecule has 7 heteroatoms. The summed E-state index contributed by atoms with van der Waals surface area (Å²) in [4.78, 5) is 25.7. The van der Waals surface area contributed by atoms with Gasteiger partial charge in [-0.05, 0) is 55.8 Å². The first-order chi connectivity index (χ1) is 12.3. The number of nitrogens with one attached hydrogen (secondary N) is 3. The Kier molecular flexibility index (Phi) is 4.76. The van der Waals surface area contributed by atoms with E-state index in [0.29, 0.717) is 29.2 Å². The molecule has 1 saturated heterocycles. The zero-order valence-corrected chi connectivity index (χ0v) is 14.7. The molecule has 6 nitrogen and oxygen atoms in total. The molecule has 1 aliphatic heterocycles. The molecular weight excluding hydrogens is 334 g/mol. The molecule has 3 N–H and O–H groups in total. The van der Waals surface area contributed by atoms with E-state index in [1.807, 2.05) is 17.5 Å². The number of hydrogen-bond donors (Lipinski definition) is 3. The number of H-pyrrole nitrogens is 1. The lowest BCUT2D eigenvalue weighted by Crippen LogP contribution is -2.33. The zero-order chi connectivity index (χ0) is 17.1. The number of thiophene rings is 1. The summed E-state index contributed by atoms with van der Waals surface area (Å²) in [5.74, 6) is 1.33. The van der Waals surface area contributed by atoms with E-state index in [9.17, 15) is 4.79 Å². The number of aromatic amines is 1. The highest BCUT2D eigenvalue weighted by Gasteiger charge is 2.17. The van der Waals surface area contributed by atoms with Crippen LogP contribution in [0.15, 0.2) is 29.8 Å². The third-order valence-corrected chi connectivity index (χ3v) is 5.50. The second-order valence-electron chi connectivity index (χ2n) is 6.38. The molecule has 0 radical (unpaired) electrons. The van der Waals surface area contributed by atoms with Gasteiger partial charge in [0.2, 0.25) is 0 Å². The van der Waals surface area contributed by atoms with Crippen molar-refractivity contribution in [1.29, 1.82) is 0 Å².